The number of aromatic nitrogens is 1. The quantitative estimate of drug-likeness (QED) is 0.123. The number of hydrogen-bond acceptors (Lipinski definition) is 5. The molecule has 2 heterocycles. The van der Waals surface area contributed by atoms with E-state index >= 15 is 0 Å². The first kappa shape index (κ1) is 28.3. The first-order valence-corrected chi connectivity index (χ1v) is 12.2. The zero-order chi connectivity index (χ0) is 27.9. The van der Waals surface area contributed by atoms with E-state index in [9.17, 15) is 9.59 Å². The number of nitrogens with one attached hydrogen (secondary N) is 3. The van der Waals surface area contributed by atoms with Crippen LogP contribution in [0.4, 0.5) is 0 Å². The fourth-order valence-electron chi connectivity index (χ4n) is 3.51. The van der Waals surface area contributed by atoms with Gasteiger partial charge in [0.25, 0.3) is 5.91 Å². The number of nitrogens with zero attached hydrogens (tertiary/aromatic N) is 3. The second-order valence-corrected chi connectivity index (χ2v) is 8.14. The lowest BCUT2D eigenvalue weighted by Gasteiger charge is -2.09. The Morgan fingerprint density at radius 1 is 1.15 bits per heavy atom. The van der Waals surface area contributed by atoms with Crippen molar-refractivity contribution < 1.29 is 9.59 Å². The van der Waals surface area contributed by atoms with E-state index < -0.39 is 0 Å². The van der Waals surface area contributed by atoms with Crippen molar-refractivity contribution in [3.63, 3.8) is 0 Å². The molecule has 1 amide bonds. The summed E-state index contributed by atoms with van der Waals surface area (Å²) >= 11 is 0. The smallest absolute Gasteiger partial charge is 0.256 e. The number of pyridine rings is 1. The van der Waals surface area contributed by atoms with E-state index in [-0.39, 0.29) is 11.9 Å². The Bertz CT molecular complexity index is 1450. The fourth-order valence-corrected chi connectivity index (χ4v) is 3.51. The second kappa shape index (κ2) is 15.1. The number of nitrogens with two attached hydrogens (primary N) is 1. The lowest BCUT2D eigenvalue weighted by atomic mass is 10.1. The Labute approximate surface area is 227 Å². The molecule has 0 atom stereocenters. The third-order valence-corrected chi connectivity index (χ3v) is 5.45. The van der Waals surface area contributed by atoms with Crippen LogP contribution in [0.25, 0.3) is 16.8 Å². The van der Waals surface area contributed by atoms with E-state index in [1.807, 2.05) is 60.7 Å². The van der Waals surface area contributed by atoms with Crippen LogP contribution in [-0.4, -0.2) is 42.7 Å². The highest BCUT2D eigenvalue weighted by atomic mass is 16.2. The minimum Gasteiger partial charge on any atom is -0.369 e. The number of hydrogen-bond donors (Lipinski definition) is 4. The summed E-state index contributed by atoms with van der Waals surface area (Å²) in [4.78, 5) is 35.1. The molecule has 0 aliphatic carbocycles. The van der Waals surface area contributed by atoms with Gasteiger partial charge < -0.3 is 16.4 Å². The maximum absolute atomic E-state index is 12.6. The molecule has 2 aromatic carbocycles. The van der Waals surface area contributed by atoms with Gasteiger partial charge in [0.1, 0.15) is 5.69 Å². The van der Waals surface area contributed by atoms with Gasteiger partial charge in [-0.2, -0.15) is 0 Å². The van der Waals surface area contributed by atoms with Crippen molar-refractivity contribution in [3.05, 3.63) is 120 Å². The van der Waals surface area contributed by atoms with E-state index in [1.165, 1.54) is 0 Å². The lowest BCUT2D eigenvalue weighted by Crippen LogP contribution is -2.38. The number of fused-ring (bicyclic) bond motifs is 1. The number of aldehydes is 1. The summed E-state index contributed by atoms with van der Waals surface area (Å²) in [6.07, 6.45) is 11.5. The van der Waals surface area contributed by atoms with Gasteiger partial charge >= 0.3 is 0 Å². The Kier molecular flexibility index (Phi) is 10.9. The Morgan fingerprint density at radius 3 is 2.59 bits per heavy atom. The van der Waals surface area contributed by atoms with Gasteiger partial charge in [-0.25, -0.2) is 4.99 Å². The number of guanidine groups is 2. The molecule has 1 aromatic heterocycles. The van der Waals surface area contributed by atoms with Crippen LogP contribution in [0.1, 0.15) is 22.5 Å². The first-order chi connectivity index (χ1) is 19.0. The van der Waals surface area contributed by atoms with Crippen LogP contribution in [0.15, 0.2) is 119 Å². The summed E-state index contributed by atoms with van der Waals surface area (Å²) in [6, 6.07) is 19.3. The van der Waals surface area contributed by atoms with Gasteiger partial charge in [0.2, 0.25) is 0 Å². The lowest BCUT2D eigenvalue weighted by molar-refractivity contribution is -0.116. The molecule has 9 heteroatoms. The van der Waals surface area contributed by atoms with Gasteiger partial charge in [0.15, 0.2) is 18.2 Å². The van der Waals surface area contributed by atoms with E-state index in [0.717, 1.165) is 28.3 Å². The van der Waals surface area contributed by atoms with Crippen molar-refractivity contribution >= 4 is 41.0 Å². The van der Waals surface area contributed by atoms with Gasteiger partial charge in [-0.15, -0.1) is 0 Å². The van der Waals surface area contributed by atoms with Crippen molar-refractivity contribution in [1.82, 2.24) is 20.9 Å². The number of rotatable bonds is 7. The maximum atomic E-state index is 12.6. The molecule has 0 unspecified atom stereocenters. The number of amides is 1. The predicted molar refractivity (Wildman–Crippen MR) is 158 cm³/mol. The Balaban J connectivity index is 0.000000289. The van der Waals surface area contributed by atoms with Crippen LogP contribution in [0, 0.1) is 0 Å². The molecule has 4 rings (SSSR count). The largest absolute Gasteiger partial charge is 0.369 e. The zero-order valence-electron chi connectivity index (χ0n) is 21.7. The van der Waals surface area contributed by atoms with Crippen LogP contribution in [0.2, 0.25) is 0 Å². The average Bonchev–Trinajstić information content (AvgIpc) is 3.45. The van der Waals surface area contributed by atoms with Crippen LogP contribution >= 0.6 is 0 Å². The third kappa shape index (κ3) is 8.94. The fraction of sp³-hybridized carbons (Fsp3) is 0.100. The van der Waals surface area contributed by atoms with Gasteiger partial charge in [-0.1, -0.05) is 79.4 Å². The van der Waals surface area contributed by atoms with Crippen LogP contribution < -0.4 is 21.7 Å². The molecule has 39 heavy (non-hydrogen) atoms. The van der Waals surface area contributed by atoms with E-state index in [0.29, 0.717) is 30.2 Å². The Morgan fingerprint density at radius 2 is 1.90 bits per heavy atom. The Hall–Kier alpha value is -5.31. The van der Waals surface area contributed by atoms with Crippen molar-refractivity contribution in [2.75, 3.05) is 13.6 Å². The highest BCUT2D eigenvalue weighted by Gasteiger charge is 2.20. The number of aliphatic imine (C=N–C) groups is 2. The molecule has 0 bridgehead atoms. The summed E-state index contributed by atoms with van der Waals surface area (Å²) in [7, 11) is 1.67. The molecule has 5 N–H and O–H groups in total. The molecular formula is C30H31N7O2. The van der Waals surface area contributed by atoms with Crippen molar-refractivity contribution in [2.24, 2.45) is 15.7 Å². The van der Waals surface area contributed by atoms with Gasteiger partial charge in [0.05, 0.1) is 6.54 Å². The minimum absolute atomic E-state index is 0.0216. The van der Waals surface area contributed by atoms with Crippen molar-refractivity contribution in [2.45, 2.75) is 6.42 Å². The number of benzene rings is 2. The molecule has 1 aliphatic rings. The maximum Gasteiger partial charge on any atom is 0.256 e. The number of carbonyl (C=O) groups excluding carboxylic acids is 2. The molecule has 0 radical (unpaired) electrons. The normalized spacial score (nSPS) is 15.4. The summed E-state index contributed by atoms with van der Waals surface area (Å²) in [6.45, 7) is 4.12. The van der Waals surface area contributed by atoms with Crippen LogP contribution in [0.5, 0.6) is 0 Å². The molecule has 3 aromatic rings. The molecule has 1 aliphatic heterocycles. The summed E-state index contributed by atoms with van der Waals surface area (Å²) in [5, 5.41) is 10.9. The van der Waals surface area contributed by atoms with Gasteiger partial charge in [-0.3, -0.25) is 24.9 Å². The zero-order valence-corrected chi connectivity index (χ0v) is 21.7. The predicted octanol–water partition coefficient (Wildman–Crippen LogP) is 3.70. The summed E-state index contributed by atoms with van der Waals surface area (Å²) in [5.74, 6) is 0.323. The van der Waals surface area contributed by atoms with E-state index in [4.69, 9.17) is 5.73 Å². The molecule has 9 nitrogen and oxygen atoms in total. The number of allylic oxidation sites excluding steroid dienone is 3. The first-order valence-electron chi connectivity index (χ1n) is 12.2. The van der Waals surface area contributed by atoms with Gasteiger partial charge in [0, 0.05) is 36.1 Å². The molecule has 1 saturated heterocycles. The monoisotopic (exact) mass is 521 g/mol. The summed E-state index contributed by atoms with van der Waals surface area (Å²) < 4.78 is 0. The van der Waals surface area contributed by atoms with Crippen molar-refractivity contribution in [1.29, 1.82) is 0 Å². The third-order valence-electron chi connectivity index (χ3n) is 5.45. The van der Waals surface area contributed by atoms with Crippen molar-refractivity contribution in [3.8, 4) is 0 Å². The standard InChI is InChI=1S/C20H24N6O.C10H7NO/c1-3-4-6-11-16(17-14-24-20(22-2)25-17)18(27)26-19(21)23-13-12-15-9-7-5-8-10-15;12-7-10-5-8-3-1-2-4-9(8)6-11-10/h3-10,12-13H,1,11,14H2,2H3,(H2,22,24,25)(H3,21,23,26,27);1-7H/b6-4-,13-12+,17-16-;. The minimum atomic E-state index is -0.320. The average molecular weight is 522 g/mol. The van der Waals surface area contributed by atoms with Gasteiger partial charge in [-0.05, 0) is 29.5 Å². The summed E-state index contributed by atoms with van der Waals surface area (Å²) in [5.41, 5.74) is 8.60. The van der Waals surface area contributed by atoms with Crippen LogP contribution in [0.3, 0.4) is 0 Å². The SMILES string of the molecule is C=C/C=C\C/C(C(=O)NC(N)=N/C=C/c1ccccc1)=C1\CNC(=NC)N1.O=Cc1cc2ccccc2cn1. The highest BCUT2D eigenvalue weighted by molar-refractivity contribution is 6.06. The van der Waals surface area contributed by atoms with E-state index in [2.05, 4.69) is 37.5 Å². The van der Waals surface area contributed by atoms with E-state index in [1.54, 1.807) is 43.7 Å². The highest BCUT2D eigenvalue weighted by Crippen LogP contribution is 2.12. The molecule has 0 spiro atoms. The number of carbonyl (C=O) groups is 2. The second-order valence-electron chi connectivity index (χ2n) is 8.14. The van der Waals surface area contributed by atoms with Crippen LogP contribution in [-0.2, 0) is 4.79 Å². The molecule has 1 fully saturated rings. The molecular weight excluding hydrogens is 490 g/mol. The molecule has 0 saturated carbocycles. The topological polar surface area (TPSA) is 134 Å². The molecule has 198 valence electrons.